The van der Waals surface area contributed by atoms with E-state index >= 15 is 0 Å². The molecule has 0 aromatic carbocycles. The van der Waals surface area contributed by atoms with Gasteiger partial charge in [-0.3, -0.25) is 4.79 Å². The molecule has 4 nitrogen and oxygen atoms in total. The van der Waals surface area contributed by atoms with Crippen LogP contribution < -0.4 is 0 Å². The summed E-state index contributed by atoms with van der Waals surface area (Å²) in [5.74, 6) is 0.301. The van der Waals surface area contributed by atoms with E-state index in [1.165, 1.54) is 11.3 Å². The smallest absolute Gasteiger partial charge is 0.164 e. The second-order valence-corrected chi connectivity index (χ2v) is 5.17. The molecule has 19 heavy (non-hydrogen) atoms. The van der Waals surface area contributed by atoms with Crippen LogP contribution in [0, 0.1) is 0 Å². The normalized spacial score (nSPS) is 15.3. The van der Waals surface area contributed by atoms with E-state index in [0.717, 1.165) is 37.9 Å². The number of hydrogen-bond donors (Lipinski definition) is 0. The summed E-state index contributed by atoms with van der Waals surface area (Å²) in [4.78, 5) is 16.2. The first kappa shape index (κ1) is 12.2. The summed E-state index contributed by atoms with van der Waals surface area (Å²) in [6.07, 6.45) is 11.8. The van der Waals surface area contributed by atoms with Gasteiger partial charge < -0.3 is 9.13 Å². The van der Waals surface area contributed by atoms with Gasteiger partial charge >= 0.3 is 0 Å². The van der Waals surface area contributed by atoms with Crippen LogP contribution in [0.1, 0.15) is 47.8 Å². The summed E-state index contributed by atoms with van der Waals surface area (Å²) >= 11 is 0. The highest BCUT2D eigenvalue weighted by atomic mass is 16.1. The zero-order chi connectivity index (χ0) is 13.2. The Morgan fingerprint density at radius 2 is 2.11 bits per heavy atom. The van der Waals surface area contributed by atoms with Crippen molar-refractivity contribution < 1.29 is 4.79 Å². The average molecular weight is 257 g/mol. The van der Waals surface area contributed by atoms with Gasteiger partial charge in [0.15, 0.2) is 5.78 Å². The van der Waals surface area contributed by atoms with Crippen molar-refractivity contribution in [3.8, 4) is 0 Å². The number of carbonyl (C=O) groups excluding carboxylic acids is 1. The summed E-state index contributed by atoms with van der Waals surface area (Å²) in [6, 6.07) is 0. The van der Waals surface area contributed by atoms with Crippen LogP contribution in [0.5, 0.6) is 0 Å². The van der Waals surface area contributed by atoms with Crippen LogP contribution in [0.15, 0.2) is 24.9 Å². The van der Waals surface area contributed by atoms with Crippen LogP contribution in [0.4, 0.5) is 0 Å². The van der Waals surface area contributed by atoms with Gasteiger partial charge in [0.2, 0.25) is 0 Å². The van der Waals surface area contributed by atoms with Gasteiger partial charge in [0, 0.05) is 37.1 Å². The first-order valence-electron chi connectivity index (χ1n) is 6.98. The Bertz CT molecular complexity index is 594. The number of imidazole rings is 1. The van der Waals surface area contributed by atoms with E-state index in [9.17, 15) is 4.79 Å². The lowest BCUT2D eigenvalue weighted by atomic mass is 10.1. The molecule has 0 N–H and O–H groups in total. The highest BCUT2D eigenvalue weighted by Crippen LogP contribution is 2.22. The zero-order valence-corrected chi connectivity index (χ0v) is 11.3. The van der Waals surface area contributed by atoms with Crippen molar-refractivity contribution in [2.24, 2.45) is 0 Å². The molecule has 0 saturated carbocycles. The van der Waals surface area contributed by atoms with E-state index in [1.807, 2.05) is 18.7 Å². The number of ketones is 1. The molecule has 4 heteroatoms. The fourth-order valence-electron chi connectivity index (χ4n) is 2.78. The maximum Gasteiger partial charge on any atom is 0.164 e. The molecule has 2 heterocycles. The molecule has 0 fully saturated rings. The monoisotopic (exact) mass is 257 g/mol. The highest BCUT2D eigenvalue weighted by Gasteiger charge is 2.17. The summed E-state index contributed by atoms with van der Waals surface area (Å²) in [5, 5.41) is 0. The summed E-state index contributed by atoms with van der Waals surface area (Å²) in [6.45, 7) is 3.82. The Kier molecular flexibility index (Phi) is 3.23. The molecule has 0 aliphatic heterocycles. The number of aromatic nitrogens is 3. The summed E-state index contributed by atoms with van der Waals surface area (Å²) in [5.41, 5.74) is 3.32. The largest absolute Gasteiger partial charge is 0.347 e. The van der Waals surface area contributed by atoms with Crippen molar-refractivity contribution in [1.29, 1.82) is 0 Å². The minimum Gasteiger partial charge on any atom is -0.347 e. The van der Waals surface area contributed by atoms with Crippen LogP contribution in [0.2, 0.25) is 0 Å². The van der Waals surface area contributed by atoms with Gasteiger partial charge in [0.1, 0.15) is 0 Å². The number of carbonyl (C=O) groups is 1. The number of fused-ring (bicyclic) bond motifs is 1. The molecule has 0 radical (unpaired) electrons. The van der Waals surface area contributed by atoms with E-state index < -0.39 is 0 Å². The van der Waals surface area contributed by atoms with Gasteiger partial charge in [-0.2, -0.15) is 0 Å². The minimum absolute atomic E-state index is 0.301. The topological polar surface area (TPSA) is 39.8 Å². The van der Waals surface area contributed by atoms with Crippen molar-refractivity contribution in [2.75, 3.05) is 0 Å². The second-order valence-electron chi connectivity index (χ2n) is 5.17. The standard InChI is InChI=1S/C15H19N3O/c1-2-18-11-16-7-13(18)9-17-8-12-5-3-4-6-15(19)14(12)10-17/h7-8,10-11H,2-6,9H2,1H3. The van der Waals surface area contributed by atoms with Crippen molar-refractivity contribution in [1.82, 2.24) is 14.1 Å². The molecular formula is C15H19N3O. The van der Waals surface area contributed by atoms with Crippen molar-refractivity contribution in [3.63, 3.8) is 0 Å². The van der Waals surface area contributed by atoms with Crippen molar-refractivity contribution in [3.05, 3.63) is 41.7 Å². The molecule has 0 amide bonds. The Hall–Kier alpha value is -1.84. The molecule has 0 spiro atoms. The maximum atomic E-state index is 12.0. The van der Waals surface area contributed by atoms with Gasteiger partial charge in [-0.15, -0.1) is 0 Å². The lowest BCUT2D eigenvalue weighted by molar-refractivity contribution is 0.0982. The molecule has 1 aliphatic carbocycles. The Balaban J connectivity index is 1.87. The lowest BCUT2D eigenvalue weighted by Crippen LogP contribution is -2.04. The highest BCUT2D eigenvalue weighted by molar-refractivity contribution is 5.97. The van der Waals surface area contributed by atoms with Crippen LogP contribution in [-0.2, 0) is 19.5 Å². The molecule has 0 atom stereocenters. The third-order valence-corrected chi connectivity index (χ3v) is 3.85. The molecule has 100 valence electrons. The van der Waals surface area contributed by atoms with Crippen LogP contribution in [0.25, 0.3) is 0 Å². The maximum absolute atomic E-state index is 12.0. The van der Waals surface area contributed by atoms with Crippen LogP contribution in [0.3, 0.4) is 0 Å². The van der Waals surface area contributed by atoms with Gasteiger partial charge in [0.25, 0.3) is 0 Å². The van der Waals surface area contributed by atoms with E-state index in [4.69, 9.17) is 0 Å². The first-order valence-corrected chi connectivity index (χ1v) is 6.98. The fraction of sp³-hybridized carbons (Fsp3) is 0.467. The predicted molar refractivity (Wildman–Crippen MR) is 73.3 cm³/mol. The second kappa shape index (κ2) is 5.03. The van der Waals surface area contributed by atoms with E-state index in [1.54, 1.807) is 0 Å². The first-order chi connectivity index (χ1) is 9.28. The third kappa shape index (κ3) is 2.35. The predicted octanol–water partition coefficient (Wildman–Crippen LogP) is 2.66. The molecule has 1 aliphatic rings. The van der Waals surface area contributed by atoms with E-state index in [0.29, 0.717) is 12.2 Å². The van der Waals surface area contributed by atoms with Gasteiger partial charge in [-0.25, -0.2) is 4.98 Å². The third-order valence-electron chi connectivity index (χ3n) is 3.85. The Morgan fingerprint density at radius 3 is 2.95 bits per heavy atom. The average Bonchev–Trinajstić information content (AvgIpc) is 2.98. The number of rotatable bonds is 3. The van der Waals surface area contributed by atoms with Crippen molar-refractivity contribution >= 4 is 5.78 Å². The zero-order valence-electron chi connectivity index (χ0n) is 11.3. The van der Waals surface area contributed by atoms with Crippen molar-refractivity contribution in [2.45, 2.75) is 45.7 Å². The number of Topliss-reactive ketones (excluding diaryl/α,β-unsaturated/α-hetero) is 1. The lowest BCUT2D eigenvalue weighted by Gasteiger charge is -2.06. The molecular weight excluding hydrogens is 238 g/mol. The molecule has 0 saturated heterocycles. The van der Waals surface area contributed by atoms with E-state index in [2.05, 4.69) is 27.2 Å². The number of hydrogen-bond acceptors (Lipinski definition) is 2. The Labute approximate surface area is 113 Å². The fourth-order valence-corrected chi connectivity index (χ4v) is 2.78. The molecule has 2 aromatic heterocycles. The van der Waals surface area contributed by atoms with Crippen LogP contribution >= 0.6 is 0 Å². The Morgan fingerprint density at radius 1 is 1.26 bits per heavy atom. The quantitative estimate of drug-likeness (QED) is 0.793. The number of nitrogens with zero attached hydrogens (tertiary/aromatic N) is 3. The van der Waals surface area contributed by atoms with Gasteiger partial charge in [-0.05, 0) is 31.7 Å². The molecule has 0 bridgehead atoms. The molecule has 0 unspecified atom stereocenters. The van der Waals surface area contributed by atoms with Crippen LogP contribution in [-0.4, -0.2) is 19.9 Å². The molecule has 3 rings (SSSR count). The minimum atomic E-state index is 0.301. The summed E-state index contributed by atoms with van der Waals surface area (Å²) in [7, 11) is 0. The van der Waals surface area contributed by atoms with E-state index in [-0.39, 0.29) is 0 Å². The van der Waals surface area contributed by atoms with Gasteiger partial charge in [-0.1, -0.05) is 0 Å². The molecule has 2 aromatic rings. The van der Waals surface area contributed by atoms with Gasteiger partial charge in [0.05, 0.1) is 18.6 Å². The summed E-state index contributed by atoms with van der Waals surface area (Å²) < 4.78 is 4.25. The SMILES string of the molecule is CCn1cncc1Cn1cc2c(c1)C(=O)CCCC2. The number of aryl methyl sites for hydroxylation is 2.